The molecule has 4 heteroatoms. The molecule has 0 aliphatic heterocycles. The molecular weight excluding hydrogens is 278 g/mol. The molecule has 0 saturated carbocycles. The third kappa shape index (κ3) is 5.82. The van der Waals surface area contributed by atoms with Gasteiger partial charge >= 0.3 is 0 Å². The Hall–Kier alpha value is -0.0900. The van der Waals surface area contributed by atoms with Crippen LogP contribution in [-0.4, -0.2) is 25.3 Å². The number of nitrogens with one attached hydrogen (secondary N) is 1. The van der Waals surface area contributed by atoms with Crippen LogP contribution in [0, 0.1) is 5.92 Å². The molecule has 1 heterocycles. The fraction of sp³-hybridized carbons (Fsp3) is 0.733. The molecule has 110 valence electrons. The minimum absolute atomic E-state index is 0.248. The molecule has 1 aromatic heterocycles. The smallest absolute Gasteiger partial charge is 0.0931 e. The molecule has 0 aliphatic rings. The number of halogens is 1. The third-order valence-corrected chi connectivity index (χ3v) is 4.37. The van der Waals surface area contributed by atoms with Gasteiger partial charge in [0.05, 0.1) is 10.4 Å². The Labute approximate surface area is 126 Å². The van der Waals surface area contributed by atoms with E-state index in [1.54, 1.807) is 11.3 Å². The van der Waals surface area contributed by atoms with Crippen LogP contribution in [0.25, 0.3) is 0 Å². The number of ether oxygens (including phenoxy) is 1. The summed E-state index contributed by atoms with van der Waals surface area (Å²) in [5.74, 6) is 0.504. The van der Waals surface area contributed by atoms with Crippen molar-refractivity contribution in [3.63, 3.8) is 0 Å². The Balaban J connectivity index is 2.73. The van der Waals surface area contributed by atoms with Crippen molar-refractivity contribution < 1.29 is 4.74 Å². The standard InChI is InChI=1S/C15H26ClNOS/c1-5-9-17-13(15(11(3)4)18-6-2)10-12-7-8-14(16)19-12/h7-8,11,13,15,17H,5-6,9-10H2,1-4H3. The first-order valence-corrected chi connectivity index (χ1v) is 8.37. The van der Waals surface area contributed by atoms with E-state index in [4.69, 9.17) is 16.3 Å². The molecule has 2 nitrogen and oxygen atoms in total. The van der Waals surface area contributed by atoms with Gasteiger partial charge in [-0.2, -0.15) is 0 Å². The second-order valence-electron chi connectivity index (χ2n) is 5.13. The zero-order valence-corrected chi connectivity index (χ0v) is 14.0. The molecule has 0 radical (unpaired) electrons. The average molecular weight is 304 g/mol. The van der Waals surface area contributed by atoms with Crippen LogP contribution in [0.15, 0.2) is 12.1 Å². The molecule has 0 saturated heterocycles. The summed E-state index contributed by atoms with van der Waals surface area (Å²) in [6.07, 6.45) is 2.37. The molecule has 0 aromatic carbocycles. The average Bonchev–Trinajstić information content (AvgIpc) is 2.77. The summed E-state index contributed by atoms with van der Waals surface area (Å²) < 4.78 is 6.81. The van der Waals surface area contributed by atoms with Crippen molar-refractivity contribution >= 4 is 22.9 Å². The van der Waals surface area contributed by atoms with Crippen molar-refractivity contribution in [2.75, 3.05) is 13.2 Å². The van der Waals surface area contributed by atoms with Crippen LogP contribution in [0.4, 0.5) is 0 Å². The van der Waals surface area contributed by atoms with E-state index in [1.807, 2.05) is 6.07 Å². The van der Waals surface area contributed by atoms with Crippen LogP contribution in [0.3, 0.4) is 0 Å². The highest BCUT2D eigenvalue weighted by Gasteiger charge is 2.25. The molecule has 0 amide bonds. The minimum Gasteiger partial charge on any atom is -0.377 e. The second-order valence-corrected chi connectivity index (χ2v) is 6.93. The first-order valence-electron chi connectivity index (χ1n) is 7.17. The predicted molar refractivity (Wildman–Crippen MR) is 85.4 cm³/mol. The van der Waals surface area contributed by atoms with E-state index in [0.717, 1.165) is 30.3 Å². The Morgan fingerprint density at radius 2 is 2.05 bits per heavy atom. The van der Waals surface area contributed by atoms with Gasteiger partial charge in [-0.25, -0.2) is 0 Å². The number of hydrogen-bond acceptors (Lipinski definition) is 3. The third-order valence-electron chi connectivity index (χ3n) is 3.12. The summed E-state index contributed by atoms with van der Waals surface area (Å²) >= 11 is 7.68. The van der Waals surface area contributed by atoms with Gasteiger partial charge in [-0.3, -0.25) is 0 Å². The highest BCUT2D eigenvalue weighted by molar-refractivity contribution is 7.16. The Morgan fingerprint density at radius 3 is 2.53 bits per heavy atom. The number of thiophene rings is 1. The molecule has 19 heavy (non-hydrogen) atoms. The number of rotatable bonds is 9. The summed E-state index contributed by atoms with van der Waals surface area (Å²) in [7, 11) is 0. The first kappa shape index (κ1) is 17.0. The van der Waals surface area contributed by atoms with E-state index in [9.17, 15) is 0 Å². The maximum Gasteiger partial charge on any atom is 0.0931 e. The summed E-state index contributed by atoms with van der Waals surface area (Å²) in [6, 6.07) is 4.45. The van der Waals surface area contributed by atoms with E-state index in [2.05, 4.69) is 39.1 Å². The topological polar surface area (TPSA) is 21.3 Å². The van der Waals surface area contributed by atoms with E-state index in [-0.39, 0.29) is 6.10 Å². The molecule has 2 atom stereocenters. The lowest BCUT2D eigenvalue weighted by molar-refractivity contribution is 0.00380. The summed E-state index contributed by atoms with van der Waals surface area (Å²) in [4.78, 5) is 1.32. The zero-order chi connectivity index (χ0) is 14.3. The lowest BCUT2D eigenvalue weighted by Gasteiger charge is -2.30. The van der Waals surface area contributed by atoms with Crippen LogP contribution >= 0.6 is 22.9 Å². The Bertz CT molecular complexity index is 354. The van der Waals surface area contributed by atoms with Gasteiger partial charge in [-0.15, -0.1) is 11.3 Å². The van der Waals surface area contributed by atoms with E-state index >= 15 is 0 Å². The first-order chi connectivity index (χ1) is 9.08. The zero-order valence-electron chi connectivity index (χ0n) is 12.4. The van der Waals surface area contributed by atoms with Crippen molar-refractivity contribution in [3.8, 4) is 0 Å². The molecule has 0 spiro atoms. The molecule has 1 rings (SSSR count). The maximum absolute atomic E-state index is 6.02. The lowest BCUT2D eigenvalue weighted by atomic mass is 9.96. The predicted octanol–water partition coefficient (Wildman–Crippen LogP) is 4.37. The van der Waals surface area contributed by atoms with Gasteiger partial charge < -0.3 is 10.1 Å². The summed E-state index contributed by atoms with van der Waals surface area (Å²) in [5, 5.41) is 3.63. The quantitative estimate of drug-likeness (QED) is 0.731. The van der Waals surface area contributed by atoms with Gasteiger partial charge in [0.2, 0.25) is 0 Å². The van der Waals surface area contributed by atoms with Gasteiger partial charge in [0.25, 0.3) is 0 Å². The van der Waals surface area contributed by atoms with Gasteiger partial charge in [-0.1, -0.05) is 32.4 Å². The Kier molecular flexibility index (Phi) is 8.00. The molecule has 1 aromatic rings. The lowest BCUT2D eigenvalue weighted by Crippen LogP contribution is -2.46. The van der Waals surface area contributed by atoms with Crippen LogP contribution in [0.1, 0.15) is 39.0 Å². The van der Waals surface area contributed by atoms with Crippen molar-refractivity contribution in [2.24, 2.45) is 5.92 Å². The monoisotopic (exact) mass is 303 g/mol. The molecule has 0 aliphatic carbocycles. The van der Waals surface area contributed by atoms with Crippen molar-refractivity contribution in [1.82, 2.24) is 5.32 Å². The largest absolute Gasteiger partial charge is 0.377 e. The van der Waals surface area contributed by atoms with Crippen LogP contribution < -0.4 is 5.32 Å². The minimum atomic E-state index is 0.248. The van der Waals surface area contributed by atoms with E-state index in [1.165, 1.54) is 4.88 Å². The van der Waals surface area contributed by atoms with Crippen LogP contribution in [0.2, 0.25) is 4.34 Å². The second kappa shape index (κ2) is 8.96. The molecular formula is C15H26ClNOS. The van der Waals surface area contributed by atoms with Gasteiger partial charge in [0, 0.05) is 17.5 Å². The van der Waals surface area contributed by atoms with Crippen molar-refractivity contribution in [3.05, 3.63) is 21.3 Å². The fourth-order valence-corrected chi connectivity index (χ4v) is 3.42. The summed E-state index contributed by atoms with van der Waals surface area (Å²) in [5.41, 5.74) is 0. The number of hydrogen-bond donors (Lipinski definition) is 1. The SMILES string of the molecule is CCCNC(Cc1ccc(Cl)s1)C(OCC)C(C)C. The molecule has 0 fully saturated rings. The highest BCUT2D eigenvalue weighted by Crippen LogP contribution is 2.24. The molecule has 2 unspecified atom stereocenters. The Morgan fingerprint density at radius 1 is 1.32 bits per heavy atom. The van der Waals surface area contributed by atoms with E-state index in [0.29, 0.717) is 12.0 Å². The fourth-order valence-electron chi connectivity index (χ4n) is 2.28. The van der Waals surface area contributed by atoms with Crippen molar-refractivity contribution in [1.29, 1.82) is 0 Å². The van der Waals surface area contributed by atoms with E-state index < -0.39 is 0 Å². The normalized spacial score (nSPS) is 14.8. The van der Waals surface area contributed by atoms with Gasteiger partial charge in [-0.05, 0) is 44.4 Å². The van der Waals surface area contributed by atoms with Crippen LogP contribution in [-0.2, 0) is 11.2 Å². The molecule has 1 N–H and O–H groups in total. The highest BCUT2D eigenvalue weighted by atomic mass is 35.5. The van der Waals surface area contributed by atoms with Gasteiger partial charge in [0.1, 0.15) is 0 Å². The molecule has 0 bridgehead atoms. The van der Waals surface area contributed by atoms with Crippen LogP contribution in [0.5, 0.6) is 0 Å². The van der Waals surface area contributed by atoms with Crippen molar-refractivity contribution in [2.45, 2.75) is 52.7 Å². The maximum atomic E-state index is 6.02. The summed E-state index contributed by atoms with van der Waals surface area (Å²) in [6.45, 7) is 10.5. The van der Waals surface area contributed by atoms with Gasteiger partial charge in [0.15, 0.2) is 0 Å².